The van der Waals surface area contributed by atoms with Crippen molar-refractivity contribution in [1.82, 2.24) is 4.72 Å². The van der Waals surface area contributed by atoms with Gasteiger partial charge < -0.3 is 4.74 Å². The molecule has 2 aromatic carbocycles. The minimum Gasteiger partial charge on any atom is -0.454 e. The molecule has 0 atom stereocenters. The van der Waals surface area contributed by atoms with E-state index in [1.54, 1.807) is 25.1 Å². The lowest BCUT2D eigenvalue weighted by atomic mass is 10.3. The third-order valence-corrected chi connectivity index (χ3v) is 5.93. The van der Waals surface area contributed by atoms with Crippen molar-refractivity contribution in [3.05, 3.63) is 45.9 Å². The Morgan fingerprint density at radius 2 is 1.77 bits per heavy atom. The molecule has 0 fully saturated rings. The highest BCUT2D eigenvalue weighted by Crippen LogP contribution is 2.36. The fourth-order valence-electron chi connectivity index (χ4n) is 1.99. The van der Waals surface area contributed by atoms with Gasteiger partial charge in [0.15, 0.2) is 5.75 Å². The predicted molar refractivity (Wildman–Crippen MR) is 105 cm³/mol. The number of sulfonamides is 2. The van der Waals surface area contributed by atoms with Crippen LogP contribution in [0.15, 0.2) is 45.8 Å². The van der Waals surface area contributed by atoms with Gasteiger partial charge in [-0.3, -0.25) is 4.72 Å². The second kappa shape index (κ2) is 8.13. The smallest absolute Gasteiger partial charge is 0.240 e. The van der Waals surface area contributed by atoms with E-state index in [1.807, 2.05) is 0 Å². The molecule has 2 rings (SSSR count). The number of nitrogens with one attached hydrogen (secondary N) is 2. The standard InChI is InChI=1S/C15H16BrClN2O5S2/c1-3-18-26(22,23)11-5-6-13(19-25(2,20)21)15(9-11)24-14-7-4-10(16)8-12(14)17/h4-9,18-19H,3H2,1-2H3. The monoisotopic (exact) mass is 482 g/mol. The van der Waals surface area contributed by atoms with Gasteiger partial charge in [-0.1, -0.05) is 34.5 Å². The van der Waals surface area contributed by atoms with Crippen molar-refractivity contribution >= 4 is 53.3 Å². The largest absolute Gasteiger partial charge is 0.454 e. The van der Waals surface area contributed by atoms with Gasteiger partial charge in [0.2, 0.25) is 20.0 Å². The fourth-order valence-corrected chi connectivity index (χ4v) is 4.32. The van der Waals surface area contributed by atoms with Gasteiger partial charge in [-0.15, -0.1) is 0 Å². The van der Waals surface area contributed by atoms with Gasteiger partial charge in [0.25, 0.3) is 0 Å². The third kappa shape index (κ3) is 5.58. The molecule has 0 aromatic heterocycles. The van der Waals surface area contributed by atoms with Crippen LogP contribution in [0.2, 0.25) is 5.02 Å². The molecule has 7 nitrogen and oxygen atoms in total. The summed E-state index contributed by atoms with van der Waals surface area (Å²) in [7, 11) is -7.35. The Hall–Kier alpha value is -1.33. The Morgan fingerprint density at radius 1 is 1.08 bits per heavy atom. The Morgan fingerprint density at radius 3 is 2.35 bits per heavy atom. The molecule has 0 unspecified atom stereocenters. The summed E-state index contributed by atoms with van der Waals surface area (Å²) in [5, 5.41) is 0.268. The van der Waals surface area contributed by atoms with Crippen molar-refractivity contribution in [2.24, 2.45) is 0 Å². The molecule has 0 aliphatic carbocycles. The van der Waals surface area contributed by atoms with Crippen LogP contribution in [0.3, 0.4) is 0 Å². The first-order valence-corrected chi connectivity index (χ1v) is 11.8. The van der Waals surface area contributed by atoms with Gasteiger partial charge in [-0.2, -0.15) is 0 Å². The van der Waals surface area contributed by atoms with Gasteiger partial charge in [-0.25, -0.2) is 21.6 Å². The fraction of sp³-hybridized carbons (Fsp3) is 0.200. The number of hydrogen-bond donors (Lipinski definition) is 2. The molecule has 0 saturated heterocycles. The van der Waals surface area contributed by atoms with E-state index in [1.165, 1.54) is 18.2 Å². The lowest BCUT2D eigenvalue weighted by Crippen LogP contribution is -2.23. The molecule has 2 aromatic rings. The van der Waals surface area contributed by atoms with Crippen LogP contribution in [0, 0.1) is 0 Å². The SMILES string of the molecule is CCNS(=O)(=O)c1ccc(NS(C)(=O)=O)c(Oc2ccc(Br)cc2Cl)c1. The zero-order chi connectivity index (χ0) is 19.5. The highest BCUT2D eigenvalue weighted by Gasteiger charge is 2.18. The quantitative estimate of drug-likeness (QED) is 0.627. The first-order valence-electron chi connectivity index (χ1n) is 7.26. The van der Waals surface area contributed by atoms with Crippen molar-refractivity contribution in [2.75, 3.05) is 17.5 Å². The molecule has 0 aliphatic rings. The number of hydrogen-bond acceptors (Lipinski definition) is 5. The molecular weight excluding hydrogens is 468 g/mol. The molecule has 0 radical (unpaired) electrons. The van der Waals surface area contributed by atoms with Crippen molar-refractivity contribution in [3.8, 4) is 11.5 Å². The molecule has 0 heterocycles. The van der Waals surface area contributed by atoms with Crippen LogP contribution in [-0.4, -0.2) is 29.6 Å². The Balaban J connectivity index is 2.54. The van der Waals surface area contributed by atoms with Crippen LogP contribution >= 0.6 is 27.5 Å². The Kier molecular flexibility index (Phi) is 6.56. The molecular formula is C15H16BrClN2O5S2. The van der Waals surface area contributed by atoms with Crippen LogP contribution < -0.4 is 14.2 Å². The van der Waals surface area contributed by atoms with Crippen LogP contribution in [0.5, 0.6) is 11.5 Å². The lowest BCUT2D eigenvalue weighted by Gasteiger charge is -2.15. The summed E-state index contributed by atoms with van der Waals surface area (Å²) in [6.07, 6.45) is 0.979. The summed E-state index contributed by atoms with van der Waals surface area (Å²) in [6, 6.07) is 8.67. The number of anilines is 1. The van der Waals surface area contributed by atoms with E-state index in [2.05, 4.69) is 25.4 Å². The van der Waals surface area contributed by atoms with E-state index >= 15 is 0 Å². The van der Waals surface area contributed by atoms with Crippen LogP contribution in [0.25, 0.3) is 0 Å². The summed E-state index contributed by atoms with van der Waals surface area (Å²) in [5.74, 6) is 0.239. The summed E-state index contributed by atoms with van der Waals surface area (Å²) in [5.41, 5.74) is 0.0851. The molecule has 0 aliphatic heterocycles. The highest BCUT2D eigenvalue weighted by molar-refractivity contribution is 9.10. The summed E-state index contributed by atoms with van der Waals surface area (Å²) >= 11 is 9.39. The molecule has 2 N–H and O–H groups in total. The number of ether oxygens (including phenoxy) is 1. The van der Waals surface area contributed by atoms with Gasteiger partial charge in [0, 0.05) is 17.1 Å². The molecule has 0 amide bonds. The number of benzene rings is 2. The molecule has 0 spiro atoms. The van der Waals surface area contributed by atoms with Crippen molar-refractivity contribution < 1.29 is 21.6 Å². The van der Waals surface area contributed by atoms with Crippen molar-refractivity contribution in [2.45, 2.75) is 11.8 Å². The maximum absolute atomic E-state index is 12.2. The minimum absolute atomic E-state index is 0.00127. The molecule has 0 saturated carbocycles. The summed E-state index contributed by atoms with van der Waals surface area (Å²) in [4.78, 5) is -0.0679. The van der Waals surface area contributed by atoms with Crippen LogP contribution in [0.4, 0.5) is 5.69 Å². The first-order chi connectivity index (χ1) is 12.0. The molecule has 11 heteroatoms. The molecule has 0 bridgehead atoms. The van der Waals surface area contributed by atoms with Crippen molar-refractivity contribution in [3.63, 3.8) is 0 Å². The molecule has 26 heavy (non-hydrogen) atoms. The maximum Gasteiger partial charge on any atom is 0.240 e. The Bertz CT molecular complexity index is 1030. The second-order valence-corrected chi connectivity index (χ2v) is 10.0. The first kappa shape index (κ1) is 21.0. The maximum atomic E-state index is 12.2. The average Bonchev–Trinajstić information content (AvgIpc) is 2.50. The predicted octanol–water partition coefficient (Wildman–Crippen LogP) is 3.56. The van der Waals surface area contributed by atoms with Gasteiger partial charge in [0.05, 0.1) is 21.9 Å². The topological polar surface area (TPSA) is 102 Å². The summed E-state index contributed by atoms with van der Waals surface area (Å²) in [6.45, 7) is 1.86. The van der Waals surface area contributed by atoms with Crippen LogP contribution in [-0.2, 0) is 20.0 Å². The van der Waals surface area contributed by atoms with E-state index in [0.717, 1.165) is 10.7 Å². The average molecular weight is 484 g/mol. The highest BCUT2D eigenvalue weighted by atomic mass is 79.9. The van der Waals surface area contributed by atoms with E-state index in [-0.39, 0.29) is 33.6 Å². The van der Waals surface area contributed by atoms with E-state index in [0.29, 0.717) is 0 Å². The van der Waals surface area contributed by atoms with E-state index in [4.69, 9.17) is 16.3 Å². The second-order valence-electron chi connectivity index (χ2n) is 5.21. The zero-order valence-corrected chi connectivity index (χ0v) is 17.8. The van der Waals surface area contributed by atoms with Gasteiger partial charge in [0.1, 0.15) is 5.75 Å². The lowest BCUT2D eigenvalue weighted by molar-refractivity contribution is 0.483. The molecule has 142 valence electrons. The van der Waals surface area contributed by atoms with E-state index in [9.17, 15) is 16.8 Å². The van der Waals surface area contributed by atoms with Crippen molar-refractivity contribution in [1.29, 1.82) is 0 Å². The zero-order valence-electron chi connectivity index (χ0n) is 13.8. The number of rotatable bonds is 7. The van der Waals surface area contributed by atoms with E-state index < -0.39 is 20.0 Å². The van der Waals surface area contributed by atoms with Gasteiger partial charge in [-0.05, 0) is 30.3 Å². The van der Waals surface area contributed by atoms with Crippen LogP contribution in [0.1, 0.15) is 6.92 Å². The normalized spacial score (nSPS) is 12.0. The minimum atomic E-state index is -3.75. The summed E-state index contributed by atoms with van der Waals surface area (Å²) < 4.78 is 58.6. The van der Waals surface area contributed by atoms with Gasteiger partial charge >= 0.3 is 0 Å². The third-order valence-electron chi connectivity index (χ3n) is 3.01. The number of halogens is 2. The Labute approximate surface area is 165 Å².